The Morgan fingerprint density at radius 1 is 1.22 bits per heavy atom. The number of carbonyl (C=O) groups is 1. The van der Waals surface area contributed by atoms with Gasteiger partial charge in [-0.3, -0.25) is 4.79 Å². The van der Waals surface area contributed by atoms with E-state index in [1.165, 1.54) is 0 Å². The lowest BCUT2D eigenvalue weighted by atomic mass is 9.92. The number of ether oxygens (including phenoxy) is 2. The van der Waals surface area contributed by atoms with Crippen LogP contribution in [0.15, 0.2) is 0 Å². The predicted molar refractivity (Wildman–Crippen MR) is 69.3 cm³/mol. The van der Waals surface area contributed by atoms with Gasteiger partial charge >= 0.3 is 5.97 Å². The molecule has 4 heteroatoms. The van der Waals surface area contributed by atoms with E-state index in [9.17, 15) is 4.79 Å². The van der Waals surface area contributed by atoms with Gasteiger partial charge in [0.05, 0.1) is 12.2 Å². The molecule has 0 aromatic carbocycles. The first-order valence-electron chi connectivity index (χ1n) is 7.15. The molecule has 0 aliphatic carbocycles. The lowest BCUT2D eigenvalue weighted by molar-refractivity contribution is -0.164. The van der Waals surface area contributed by atoms with Gasteiger partial charge in [0.2, 0.25) is 0 Å². The Morgan fingerprint density at radius 2 is 1.89 bits per heavy atom. The van der Waals surface area contributed by atoms with E-state index in [1.54, 1.807) is 0 Å². The molecule has 4 unspecified atom stereocenters. The molecule has 4 nitrogen and oxygen atoms in total. The van der Waals surface area contributed by atoms with Crippen LogP contribution in [0.4, 0.5) is 0 Å². The van der Waals surface area contributed by atoms with Gasteiger partial charge in [-0.1, -0.05) is 6.92 Å². The molecular weight excluding hydrogens is 230 g/mol. The topological polar surface area (TPSA) is 47.6 Å². The maximum absolute atomic E-state index is 12.2. The van der Waals surface area contributed by atoms with Gasteiger partial charge in [-0.15, -0.1) is 0 Å². The molecule has 2 rings (SSSR count). The first-order chi connectivity index (χ1) is 8.56. The molecule has 0 aromatic rings. The molecule has 4 atom stereocenters. The van der Waals surface area contributed by atoms with E-state index in [0.717, 1.165) is 32.2 Å². The Labute approximate surface area is 109 Å². The highest BCUT2D eigenvalue weighted by atomic mass is 16.6. The zero-order valence-corrected chi connectivity index (χ0v) is 11.6. The van der Waals surface area contributed by atoms with Crippen molar-refractivity contribution in [1.82, 2.24) is 5.32 Å². The average molecular weight is 255 g/mol. The third-order valence-electron chi connectivity index (χ3n) is 3.96. The van der Waals surface area contributed by atoms with Gasteiger partial charge in [0.15, 0.2) is 0 Å². The summed E-state index contributed by atoms with van der Waals surface area (Å²) in [6.07, 6.45) is 4.27. The summed E-state index contributed by atoms with van der Waals surface area (Å²) in [5.41, 5.74) is 0. The van der Waals surface area contributed by atoms with E-state index >= 15 is 0 Å². The van der Waals surface area contributed by atoms with Gasteiger partial charge in [0.1, 0.15) is 12.1 Å². The van der Waals surface area contributed by atoms with Crippen molar-refractivity contribution in [2.75, 3.05) is 6.54 Å². The van der Waals surface area contributed by atoms with Gasteiger partial charge < -0.3 is 14.8 Å². The summed E-state index contributed by atoms with van der Waals surface area (Å²) in [5.74, 6) is 0.300. The smallest absolute Gasteiger partial charge is 0.323 e. The largest absolute Gasteiger partial charge is 0.461 e. The molecule has 0 amide bonds. The number of piperidine rings is 1. The zero-order chi connectivity index (χ0) is 13.1. The first kappa shape index (κ1) is 13.8. The van der Waals surface area contributed by atoms with Crippen LogP contribution in [-0.4, -0.2) is 36.9 Å². The summed E-state index contributed by atoms with van der Waals surface area (Å²) in [6, 6.07) is -0.118. The first-order valence-corrected chi connectivity index (χ1v) is 7.15. The maximum atomic E-state index is 12.2. The molecule has 0 aromatic heterocycles. The predicted octanol–water partition coefficient (Wildman–Crippen LogP) is 1.87. The van der Waals surface area contributed by atoms with Crippen LogP contribution in [0.5, 0.6) is 0 Å². The molecule has 0 spiro atoms. The molecule has 2 aliphatic heterocycles. The van der Waals surface area contributed by atoms with Gasteiger partial charge in [-0.2, -0.15) is 0 Å². The third-order valence-corrected chi connectivity index (χ3v) is 3.96. The maximum Gasteiger partial charge on any atom is 0.323 e. The second-order valence-electron chi connectivity index (χ2n) is 5.84. The monoisotopic (exact) mass is 255 g/mol. The van der Waals surface area contributed by atoms with E-state index in [-0.39, 0.29) is 30.3 Å². The summed E-state index contributed by atoms with van der Waals surface area (Å²) in [5, 5.41) is 3.27. The molecule has 1 N–H and O–H groups in total. The summed E-state index contributed by atoms with van der Waals surface area (Å²) in [7, 11) is 0. The van der Waals surface area contributed by atoms with Crippen LogP contribution in [0.2, 0.25) is 0 Å². The number of rotatable bonds is 2. The molecule has 104 valence electrons. The lowest BCUT2D eigenvalue weighted by Gasteiger charge is -2.34. The second-order valence-corrected chi connectivity index (χ2v) is 5.84. The van der Waals surface area contributed by atoms with E-state index in [2.05, 4.69) is 12.2 Å². The molecule has 2 saturated heterocycles. The fourth-order valence-corrected chi connectivity index (χ4v) is 3.04. The van der Waals surface area contributed by atoms with Gasteiger partial charge in [-0.05, 0) is 39.2 Å². The quantitative estimate of drug-likeness (QED) is 0.765. The molecule has 0 bridgehead atoms. The Bertz CT molecular complexity index is 285. The minimum absolute atomic E-state index is 0.0205. The van der Waals surface area contributed by atoms with Crippen LogP contribution in [0.3, 0.4) is 0 Å². The molecule has 0 radical (unpaired) electrons. The zero-order valence-electron chi connectivity index (χ0n) is 11.6. The number of hydrogen-bond donors (Lipinski definition) is 1. The molecule has 18 heavy (non-hydrogen) atoms. The number of carbonyl (C=O) groups excluding carboxylic acids is 1. The van der Waals surface area contributed by atoms with Crippen molar-refractivity contribution in [2.45, 2.75) is 70.8 Å². The summed E-state index contributed by atoms with van der Waals surface area (Å²) in [4.78, 5) is 12.2. The van der Waals surface area contributed by atoms with Crippen molar-refractivity contribution < 1.29 is 14.3 Å². The molecular formula is C14H25NO3. The van der Waals surface area contributed by atoms with E-state index in [1.807, 2.05) is 13.8 Å². The van der Waals surface area contributed by atoms with Gasteiger partial charge in [0.25, 0.3) is 0 Å². The van der Waals surface area contributed by atoms with Crippen LogP contribution >= 0.6 is 0 Å². The van der Waals surface area contributed by atoms with E-state index in [4.69, 9.17) is 9.47 Å². The third kappa shape index (κ3) is 3.45. The van der Waals surface area contributed by atoms with E-state index in [0.29, 0.717) is 5.92 Å². The van der Waals surface area contributed by atoms with Gasteiger partial charge in [0, 0.05) is 12.8 Å². The minimum atomic E-state index is -0.118. The van der Waals surface area contributed by atoms with Crippen LogP contribution < -0.4 is 5.32 Å². The van der Waals surface area contributed by atoms with E-state index < -0.39 is 0 Å². The highest BCUT2D eigenvalue weighted by Gasteiger charge is 2.33. The van der Waals surface area contributed by atoms with Crippen molar-refractivity contribution in [3.8, 4) is 0 Å². The summed E-state index contributed by atoms with van der Waals surface area (Å²) in [6.45, 7) is 7.12. The molecule has 2 heterocycles. The fraction of sp³-hybridized carbons (Fsp3) is 0.929. The van der Waals surface area contributed by atoms with Crippen molar-refractivity contribution in [1.29, 1.82) is 0 Å². The standard InChI is InChI=1S/C14H25NO3/c1-9-5-4-6-15-13(9)14(16)18-12-7-10(2)17-11(3)8-12/h9-13,15H,4-8H2,1-3H3. The van der Waals surface area contributed by atoms with Crippen molar-refractivity contribution in [2.24, 2.45) is 5.92 Å². The number of hydrogen-bond acceptors (Lipinski definition) is 4. The van der Waals surface area contributed by atoms with Crippen LogP contribution in [0, 0.1) is 5.92 Å². The van der Waals surface area contributed by atoms with Crippen molar-refractivity contribution in [3.05, 3.63) is 0 Å². The van der Waals surface area contributed by atoms with Crippen LogP contribution in [0.25, 0.3) is 0 Å². The fourth-order valence-electron chi connectivity index (χ4n) is 3.04. The van der Waals surface area contributed by atoms with Gasteiger partial charge in [-0.25, -0.2) is 0 Å². The molecule has 2 fully saturated rings. The minimum Gasteiger partial charge on any atom is -0.461 e. The summed E-state index contributed by atoms with van der Waals surface area (Å²) < 4.78 is 11.3. The average Bonchev–Trinajstić information content (AvgIpc) is 2.27. The highest BCUT2D eigenvalue weighted by molar-refractivity contribution is 5.76. The molecule has 0 saturated carbocycles. The Morgan fingerprint density at radius 3 is 2.50 bits per heavy atom. The Kier molecular flexibility index (Phi) is 4.62. The normalized spacial score (nSPS) is 41.4. The van der Waals surface area contributed by atoms with Crippen molar-refractivity contribution >= 4 is 5.97 Å². The molecule has 2 aliphatic rings. The highest BCUT2D eigenvalue weighted by Crippen LogP contribution is 2.23. The van der Waals surface area contributed by atoms with Crippen molar-refractivity contribution in [3.63, 3.8) is 0 Å². The van der Waals surface area contributed by atoms with Crippen LogP contribution in [-0.2, 0) is 14.3 Å². The number of esters is 1. The Hall–Kier alpha value is -0.610. The second kappa shape index (κ2) is 6.02. The lowest BCUT2D eigenvalue weighted by Crippen LogP contribution is -2.48. The Balaban J connectivity index is 1.86. The summed E-state index contributed by atoms with van der Waals surface area (Å²) >= 11 is 0. The van der Waals surface area contributed by atoms with Crippen LogP contribution in [0.1, 0.15) is 46.5 Å². The SMILES string of the molecule is CC1CC(OC(=O)C2NCCCC2C)CC(C)O1. The number of nitrogens with one attached hydrogen (secondary N) is 1.